The molecule has 0 aliphatic rings. The third-order valence-corrected chi connectivity index (χ3v) is 2.86. The number of carbonyl (C=O) groups is 1. The maximum atomic E-state index is 11.6. The molecule has 0 aromatic heterocycles. The average Bonchev–Trinajstić information content (AvgIpc) is 2.37. The molecule has 0 spiro atoms. The van der Waals surface area contributed by atoms with E-state index in [0.29, 0.717) is 28.6 Å². The standard InChI is InChI=1S/C13H16Cl2O4/c1-9(13(17)18-7-3-2-6-16)19-12-5-4-10(14)8-11(12)15/h4-5,8-9,16H,2-3,6-7H2,1H3. The molecule has 6 heteroatoms. The summed E-state index contributed by atoms with van der Waals surface area (Å²) in [7, 11) is 0. The number of hydrogen-bond acceptors (Lipinski definition) is 4. The molecule has 0 saturated carbocycles. The van der Waals surface area contributed by atoms with E-state index < -0.39 is 12.1 Å². The summed E-state index contributed by atoms with van der Waals surface area (Å²) in [6.45, 7) is 1.94. The zero-order valence-electron chi connectivity index (χ0n) is 10.6. The van der Waals surface area contributed by atoms with Gasteiger partial charge in [-0.05, 0) is 38.0 Å². The van der Waals surface area contributed by atoms with Gasteiger partial charge in [0.1, 0.15) is 5.75 Å². The quantitative estimate of drug-likeness (QED) is 0.621. The minimum Gasteiger partial charge on any atom is -0.477 e. The van der Waals surface area contributed by atoms with Crippen LogP contribution in [0.3, 0.4) is 0 Å². The van der Waals surface area contributed by atoms with Crippen LogP contribution in [0, 0.1) is 0 Å². The van der Waals surface area contributed by atoms with Gasteiger partial charge in [0.15, 0.2) is 6.10 Å². The van der Waals surface area contributed by atoms with Gasteiger partial charge in [0.2, 0.25) is 0 Å². The van der Waals surface area contributed by atoms with Crippen LogP contribution in [0.4, 0.5) is 0 Å². The number of aliphatic hydroxyl groups is 1. The van der Waals surface area contributed by atoms with E-state index in [4.69, 9.17) is 37.8 Å². The molecule has 0 bridgehead atoms. The van der Waals surface area contributed by atoms with E-state index in [1.807, 2.05) is 0 Å². The van der Waals surface area contributed by atoms with Crippen molar-refractivity contribution in [1.82, 2.24) is 0 Å². The number of rotatable bonds is 7. The van der Waals surface area contributed by atoms with Gasteiger partial charge in [0, 0.05) is 11.6 Å². The fourth-order valence-electron chi connectivity index (χ4n) is 1.31. The Balaban J connectivity index is 2.45. The number of esters is 1. The predicted molar refractivity (Wildman–Crippen MR) is 73.8 cm³/mol. The second-order valence-electron chi connectivity index (χ2n) is 3.93. The average molecular weight is 307 g/mol. The van der Waals surface area contributed by atoms with E-state index in [-0.39, 0.29) is 13.2 Å². The van der Waals surface area contributed by atoms with E-state index in [1.165, 1.54) is 6.07 Å². The molecule has 1 aromatic rings. The molecule has 0 fully saturated rings. The maximum absolute atomic E-state index is 11.6. The molecular formula is C13H16Cl2O4. The Bertz CT molecular complexity index is 423. The van der Waals surface area contributed by atoms with Crippen molar-refractivity contribution in [3.63, 3.8) is 0 Å². The van der Waals surface area contributed by atoms with Gasteiger partial charge in [0.05, 0.1) is 11.6 Å². The largest absolute Gasteiger partial charge is 0.477 e. The Labute approximate surface area is 122 Å². The van der Waals surface area contributed by atoms with E-state index in [2.05, 4.69) is 0 Å². The van der Waals surface area contributed by atoms with E-state index in [1.54, 1.807) is 19.1 Å². The molecule has 0 saturated heterocycles. The number of benzene rings is 1. The van der Waals surface area contributed by atoms with Crippen LogP contribution in [0.1, 0.15) is 19.8 Å². The first-order chi connectivity index (χ1) is 9.04. The van der Waals surface area contributed by atoms with Crippen molar-refractivity contribution in [2.75, 3.05) is 13.2 Å². The van der Waals surface area contributed by atoms with Crippen LogP contribution in [0.5, 0.6) is 5.75 Å². The SMILES string of the molecule is CC(Oc1ccc(Cl)cc1Cl)C(=O)OCCCCO. The summed E-state index contributed by atoms with van der Waals surface area (Å²) >= 11 is 11.7. The smallest absolute Gasteiger partial charge is 0.347 e. The summed E-state index contributed by atoms with van der Waals surface area (Å²) in [6, 6.07) is 4.76. The number of carbonyl (C=O) groups excluding carboxylic acids is 1. The van der Waals surface area contributed by atoms with Crippen LogP contribution in [0.25, 0.3) is 0 Å². The molecule has 0 aliphatic heterocycles. The van der Waals surface area contributed by atoms with E-state index in [9.17, 15) is 4.79 Å². The zero-order valence-corrected chi connectivity index (χ0v) is 12.1. The van der Waals surface area contributed by atoms with Gasteiger partial charge in [-0.1, -0.05) is 23.2 Å². The summed E-state index contributed by atoms with van der Waals surface area (Å²) in [4.78, 5) is 11.6. The van der Waals surface area contributed by atoms with Crippen molar-refractivity contribution in [2.24, 2.45) is 0 Å². The molecule has 0 heterocycles. The van der Waals surface area contributed by atoms with Gasteiger partial charge in [-0.15, -0.1) is 0 Å². The van der Waals surface area contributed by atoms with Crippen LogP contribution in [0.15, 0.2) is 18.2 Å². The minimum absolute atomic E-state index is 0.0873. The lowest BCUT2D eigenvalue weighted by Gasteiger charge is -2.15. The first-order valence-electron chi connectivity index (χ1n) is 5.94. The van der Waals surface area contributed by atoms with Crippen LogP contribution in [0.2, 0.25) is 10.0 Å². The highest BCUT2D eigenvalue weighted by Crippen LogP contribution is 2.28. The van der Waals surface area contributed by atoms with Crippen molar-refractivity contribution in [3.05, 3.63) is 28.2 Å². The highest BCUT2D eigenvalue weighted by Gasteiger charge is 2.17. The lowest BCUT2D eigenvalue weighted by Crippen LogP contribution is -2.26. The van der Waals surface area contributed by atoms with Crippen LogP contribution in [-0.4, -0.2) is 30.4 Å². The first kappa shape index (κ1) is 16.1. The summed E-state index contributed by atoms with van der Waals surface area (Å²) in [5.41, 5.74) is 0. The third kappa shape index (κ3) is 5.68. The summed E-state index contributed by atoms with van der Waals surface area (Å²) in [6.07, 6.45) is 0.468. The third-order valence-electron chi connectivity index (χ3n) is 2.33. The lowest BCUT2D eigenvalue weighted by molar-refractivity contribution is -0.151. The molecule has 1 atom stereocenters. The van der Waals surface area contributed by atoms with Crippen molar-refractivity contribution in [1.29, 1.82) is 0 Å². The summed E-state index contributed by atoms with van der Waals surface area (Å²) in [5, 5.41) is 9.43. The van der Waals surface area contributed by atoms with Crippen LogP contribution in [-0.2, 0) is 9.53 Å². The molecule has 0 aliphatic carbocycles. The van der Waals surface area contributed by atoms with E-state index in [0.717, 1.165) is 0 Å². The van der Waals surface area contributed by atoms with Gasteiger partial charge in [-0.2, -0.15) is 0 Å². The molecule has 0 amide bonds. The molecule has 1 rings (SSSR count). The summed E-state index contributed by atoms with van der Waals surface area (Å²) < 4.78 is 10.4. The molecule has 0 radical (unpaired) electrons. The number of halogens is 2. The normalized spacial score (nSPS) is 12.0. The first-order valence-corrected chi connectivity index (χ1v) is 6.69. The maximum Gasteiger partial charge on any atom is 0.347 e. The van der Waals surface area contributed by atoms with Crippen molar-refractivity contribution in [2.45, 2.75) is 25.9 Å². The van der Waals surface area contributed by atoms with Crippen molar-refractivity contribution < 1.29 is 19.4 Å². The molecule has 4 nitrogen and oxygen atoms in total. The topological polar surface area (TPSA) is 55.8 Å². The molecule has 106 valence electrons. The minimum atomic E-state index is -0.757. The fourth-order valence-corrected chi connectivity index (χ4v) is 1.77. The Morgan fingerprint density at radius 3 is 2.74 bits per heavy atom. The number of ether oxygens (including phenoxy) is 2. The Hall–Kier alpha value is -0.970. The van der Waals surface area contributed by atoms with Gasteiger partial charge < -0.3 is 14.6 Å². The highest BCUT2D eigenvalue weighted by molar-refractivity contribution is 6.35. The van der Waals surface area contributed by atoms with E-state index >= 15 is 0 Å². The monoisotopic (exact) mass is 306 g/mol. The fraction of sp³-hybridized carbons (Fsp3) is 0.462. The van der Waals surface area contributed by atoms with Crippen LogP contribution < -0.4 is 4.74 Å². The number of hydrogen-bond donors (Lipinski definition) is 1. The molecule has 19 heavy (non-hydrogen) atoms. The Morgan fingerprint density at radius 2 is 2.11 bits per heavy atom. The highest BCUT2D eigenvalue weighted by atomic mass is 35.5. The lowest BCUT2D eigenvalue weighted by atomic mass is 10.3. The van der Waals surface area contributed by atoms with Gasteiger partial charge in [-0.3, -0.25) is 0 Å². The molecule has 1 aromatic carbocycles. The van der Waals surface area contributed by atoms with Crippen molar-refractivity contribution >= 4 is 29.2 Å². The van der Waals surface area contributed by atoms with Gasteiger partial charge in [-0.25, -0.2) is 4.79 Å². The Kier molecular flexibility index (Phi) is 6.99. The van der Waals surface area contributed by atoms with Gasteiger partial charge >= 0.3 is 5.97 Å². The Morgan fingerprint density at radius 1 is 1.37 bits per heavy atom. The number of aliphatic hydroxyl groups excluding tert-OH is 1. The van der Waals surface area contributed by atoms with Crippen molar-refractivity contribution in [3.8, 4) is 5.75 Å². The number of unbranched alkanes of at least 4 members (excludes halogenated alkanes) is 1. The molecular weight excluding hydrogens is 291 g/mol. The van der Waals surface area contributed by atoms with Crippen LogP contribution >= 0.6 is 23.2 Å². The molecule has 1 unspecified atom stereocenters. The second-order valence-corrected chi connectivity index (χ2v) is 4.78. The summed E-state index contributed by atoms with van der Waals surface area (Å²) in [5.74, 6) is -0.0881. The second kappa shape index (κ2) is 8.25. The molecule has 1 N–H and O–H groups in total. The zero-order chi connectivity index (χ0) is 14.3. The predicted octanol–water partition coefficient (Wildman–Crippen LogP) is 3.08. The van der Waals surface area contributed by atoms with Gasteiger partial charge in [0.25, 0.3) is 0 Å².